The van der Waals surface area contributed by atoms with Crippen LogP contribution in [-0.2, 0) is 11.3 Å². The number of pyridine rings is 1. The maximum Gasteiger partial charge on any atom is 0.213 e. The van der Waals surface area contributed by atoms with Crippen molar-refractivity contribution in [2.45, 2.75) is 46.4 Å². The van der Waals surface area contributed by atoms with Crippen LogP contribution in [0.5, 0.6) is 5.88 Å². The second kappa shape index (κ2) is 8.06. The third-order valence-electron chi connectivity index (χ3n) is 2.35. The molecule has 1 heterocycles. The van der Waals surface area contributed by atoms with Crippen LogP contribution in [0.2, 0.25) is 0 Å². The summed E-state index contributed by atoms with van der Waals surface area (Å²) in [4.78, 5) is 4.45. The van der Waals surface area contributed by atoms with Crippen molar-refractivity contribution in [2.24, 2.45) is 0 Å². The number of hydrogen-bond acceptors (Lipinski definition) is 4. The van der Waals surface area contributed by atoms with Crippen LogP contribution < -0.4 is 10.1 Å². The first-order chi connectivity index (χ1) is 8.61. The van der Waals surface area contributed by atoms with Crippen molar-refractivity contribution in [1.82, 2.24) is 10.3 Å². The van der Waals surface area contributed by atoms with Gasteiger partial charge in [-0.2, -0.15) is 0 Å². The van der Waals surface area contributed by atoms with Crippen molar-refractivity contribution in [3.05, 3.63) is 23.9 Å². The first-order valence-electron chi connectivity index (χ1n) is 6.55. The van der Waals surface area contributed by atoms with Crippen LogP contribution in [0.15, 0.2) is 18.2 Å². The summed E-state index contributed by atoms with van der Waals surface area (Å²) in [5, 5.41) is 3.33. The zero-order valence-electron chi connectivity index (χ0n) is 11.8. The molecule has 102 valence electrons. The quantitative estimate of drug-likeness (QED) is 0.771. The van der Waals surface area contributed by atoms with Gasteiger partial charge in [-0.25, -0.2) is 4.98 Å². The van der Waals surface area contributed by atoms with E-state index in [0.29, 0.717) is 25.1 Å². The van der Waals surface area contributed by atoms with Gasteiger partial charge in [0.05, 0.1) is 12.3 Å². The highest BCUT2D eigenvalue weighted by Crippen LogP contribution is 2.10. The maximum absolute atomic E-state index is 5.70. The first kappa shape index (κ1) is 14.9. The average molecular weight is 252 g/mol. The number of ether oxygens (including phenoxy) is 2. The molecule has 0 aliphatic carbocycles. The molecule has 0 radical (unpaired) electrons. The molecule has 0 amide bonds. The average Bonchev–Trinajstić information content (AvgIpc) is 2.34. The van der Waals surface area contributed by atoms with Gasteiger partial charge in [0.2, 0.25) is 5.88 Å². The predicted molar refractivity (Wildman–Crippen MR) is 72.8 cm³/mol. The van der Waals surface area contributed by atoms with Crippen molar-refractivity contribution in [2.75, 3.05) is 13.2 Å². The molecule has 1 atom stereocenters. The molecule has 1 rings (SSSR count). The van der Waals surface area contributed by atoms with Crippen LogP contribution in [0.4, 0.5) is 0 Å². The van der Waals surface area contributed by atoms with Crippen LogP contribution in [0.25, 0.3) is 0 Å². The smallest absolute Gasteiger partial charge is 0.213 e. The van der Waals surface area contributed by atoms with Gasteiger partial charge in [-0.15, -0.1) is 0 Å². The van der Waals surface area contributed by atoms with Crippen LogP contribution in [0.3, 0.4) is 0 Å². The van der Waals surface area contributed by atoms with E-state index >= 15 is 0 Å². The van der Waals surface area contributed by atoms with Crippen molar-refractivity contribution in [1.29, 1.82) is 0 Å². The zero-order chi connectivity index (χ0) is 13.4. The molecule has 0 bridgehead atoms. The van der Waals surface area contributed by atoms with E-state index in [1.54, 1.807) is 0 Å². The Hall–Kier alpha value is -1.13. The molecule has 0 spiro atoms. The third-order valence-corrected chi connectivity index (χ3v) is 2.35. The SMILES string of the molecule is CCOCC(C)Oc1cccc(CNC(C)C)n1. The minimum atomic E-state index is 0.0192. The summed E-state index contributed by atoms with van der Waals surface area (Å²) >= 11 is 0. The Morgan fingerprint density at radius 3 is 2.72 bits per heavy atom. The Kier molecular flexibility index (Phi) is 6.68. The summed E-state index contributed by atoms with van der Waals surface area (Å²) in [6.07, 6.45) is 0.0192. The highest BCUT2D eigenvalue weighted by Gasteiger charge is 2.05. The molecule has 1 unspecified atom stereocenters. The Bertz CT molecular complexity index is 342. The van der Waals surface area contributed by atoms with Crippen molar-refractivity contribution >= 4 is 0 Å². The van der Waals surface area contributed by atoms with Gasteiger partial charge in [0, 0.05) is 25.3 Å². The van der Waals surface area contributed by atoms with Gasteiger partial charge in [0.1, 0.15) is 6.10 Å². The standard InChI is InChI=1S/C14H24N2O2/c1-5-17-10-12(4)18-14-8-6-7-13(16-14)9-15-11(2)3/h6-8,11-12,15H,5,9-10H2,1-4H3. The van der Waals surface area contributed by atoms with Gasteiger partial charge in [-0.3, -0.25) is 0 Å². The van der Waals surface area contributed by atoms with Crippen LogP contribution in [-0.4, -0.2) is 30.3 Å². The lowest BCUT2D eigenvalue weighted by molar-refractivity contribution is 0.0632. The number of aromatic nitrogens is 1. The summed E-state index contributed by atoms with van der Waals surface area (Å²) in [6.45, 7) is 10.2. The predicted octanol–water partition coefficient (Wildman–Crippen LogP) is 2.38. The normalized spacial score (nSPS) is 12.7. The summed E-state index contributed by atoms with van der Waals surface area (Å²) in [5.41, 5.74) is 0.991. The largest absolute Gasteiger partial charge is 0.472 e. The molecule has 0 aliphatic heterocycles. The van der Waals surface area contributed by atoms with Crippen LogP contribution >= 0.6 is 0 Å². The van der Waals surface area contributed by atoms with E-state index in [9.17, 15) is 0 Å². The highest BCUT2D eigenvalue weighted by molar-refractivity contribution is 5.16. The Morgan fingerprint density at radius 2 is 2.06 bits per heavy atom. The molecule has 0 saturated heterocycles. The Balaban J connectivity index is 2.48. The summed E-state index contributed by atoms with van der Waals surface area (Å²) in [5.74, 6) is 0.658. The second-order valence-corrected chi connectivity index (χ2v) is 4.59. The fourth-order valence-electron chi connectivity index (χ4n) is 1.45. The number of hydrogen-bond donors (Lipinski definition) is 1. The van der Waals surface area contributed by atoms with E-state index in [1.807, 2.05) is 32.0 Å². The van der Waals surface area contributed by atoms with Gasteiger partial charge in [0.25, 0.3) is 0 Å². The zero-order valence-corrected chi connectivity index (χ0v) is 11.8. The fourth-order valence-corrected chi connectivity index (χ4v) is 1.45. The monoisotopic (exact) mass is 252 g/mol. The van der Waals surface area contributed by atoms with E-state index in [-0.39, 0.29) is 6.10 Å². The lowest BCUT2D eigenvalue weighted by atomic mass is 10.3. The molecule has 1 aromatic heterocycles. The molecule has 1 N–H and O–H groups in total. The minimum Gasteiger partial charge on any atom is -0.472 e. The van der Waals surface area contributed by atoms with E-state index in [2.05, 4.69) is 24.1 Å². The number of nitrogens with zero attached hydrogens (tertiary/aromatic N) is 1. The minimum absolute atomic E-state index is 0.0192. The number of nitrogens with one attached hydrogen (secondary N) is 1. The van der Waals surface area contributed by atoms with Gasteiger partial charge < -0.3 is 14.8 Å². The van der Waals surface area contributed by atoms with Crippen LogP contribution in [0.1, 0.15) is 33.4 Å². The second-order valence-electron chi connectivity index (χ2n) is 4.59. The highest BCUT2D eigenvalue weighted by atomic mass is 16.5. The van der Waals surface area contributed by atoms with Gasteiger partial charge >= 0.3 is 0 Å². The summed E-state index contributed by atoms with van der Waals surface area (Å²) in [7, 11) is 0. The molecule has 0 aliphatic rings. The summed E-state index contributed by atoms with van der Waals surface area (Å²) < 4.78 is 11.0. The molecular weight excluding hydrogens is 228 g/mol. The lowest BCUT2D eigenvalue weighted by Gasteiger charge is -2.14. The fraction of sp³-hybridized carbons (Fsp3) is 0.643. The van der Waals surface area contributed by atoms with E-state index < -0.39 is 0 Å². The van der Waals surface area contributed by atoms with Crippen molar-refractivity contribution < 1.29 is 9.47 Å². The van der Waals surface area contributed by atoms with Gasteiger partial charge in [0.15, 0.2) is 0 Å². The lowest BCUT2D eigenvalue weighted by Crippen LogP contribution is -2.23. The summed E-state index contributed by atoms with van der Waals surface area (Å²) in [6, 6.07) is 6.29. The molecule has 18 heavy (non-hydrogen) atoms. The molecular formula is C14H24N2O2. The molecule has 4 heteroatoms. The molecule has 4 nitrogen and oxygen atoms in total. The third kappa shape index (κ3) is 5.98. The van der Waals surface area contributed by atoms with E-state index in [1.165, 1.54) is 0 Å². The van der Waals surface area contributed by atoms with E-state index in [0.717, 1.165) is 12.2 Å². The first-order valence-corrected chi connectivity index (χ1v) is 6.55. The molecule has 1 aromatic rings. The van der Waals surface area contributed by atoms with Crippen molar-refractivity contribution in [3.63, 3.8) is 0 Å². The molecule has 0 fully saturated rings. The van der Waals surface area contributed by atoms with Crippen LogP contribution in [0, 0.1) is 0 Å². The Labute approximate surface area is 110 Å². The van der Waals surface area contributed by atoms with Crippen molar-refractivity contribution in [3.8, 4) is 5.88 Å². The molecule has 0 aromatic carbocycles. The Morgan fingerprint density at radius 1 is 1.28 bits per heavy atom. The van der Waals surface area contributed by atoms with Gasteiger partial charge in [-0.05, 0) is 19.9 Å². The van der Waals surface area contributed by atoms with E-state index in [4.69, 9.17) is 9.47 Å². The number of rotatable bonds is 8. The molecule has 0 saturated carbocycles. The topological polar surface area (TPSA) is 43.4 Å². The van der Waals surface area contributed by atoms with Gasteiger partial charge in [-0.1, -0.05) is 19.9 Å². The maximum atomic E-state index is 5.70.